The first kappa shape index (κ1) is 28.7. The quantitative estimate of drug-likeness (QED) is 0.201. The van der Waals surface area contributed by atoms with Gasteiger partial charge >= 0.3 is 8.25 Å². The van der Waals surface area contributed by atoms with Gasteiger partial charge < -0.3 is 39.9 Å². The van der Waals surface area contributed by atoms with Crippen molar-refractivity contribution in [2.75, 3.05) is 33.2 Å². The molecule has 150 valence electrons. The Bertz CT molecular complexity index is 247. The smallest absolute Gasteiger partial charge is 0.318 e. The Balaban J connectivity index is -0.000000282. The molecule has 0 bridgehead atoms. The topological polar surface area (TPSA) is 166 Å². The van der Waals surface area contributed by atoms with Crippen LogP contribution in [0.2, 0.25) is 0 Å². The number of hydrogen-bond donors (Lipinski definition) is 6. The van der Waals surface area contributed by atoms with Gasteiger partial charge in [0.2, 0.25) is 0 Å². The first-order valence-corrected chi connectivity index (χ1v) is 8.64. The fourth-order valence-corrected chi connectivity index (χ4v) is 0.878. The molecule has 5 unspecified atom stereocenters. The lowest BCUT2D eigenvalue weighted by Gasteiger charge is -2.10. The molecule has 0 aromatic rings. The van der Waals surface area contributed by atoms with Crippen LogP contribution in [0.25, 0.3) is 0 Å². The van der Waals surface area contributed by atoms with Crippen LogP contribution in [0.3, 0.4) is 0 Å². The van der Waals surface area contributed by atoms with Crippen LogP contribution in [-0.2, 0) is 18.6 Å². The predicted molar refractivity (Wildman–Crippen MR) is 87.8 cm³/mol. The summed E-state index contributed by atoms with van der Waals surface area (Å²) in [6.07, 6.45) is -1.22. The SMILES string of the molecule is CC(O)COC(C)CO.CC(O)COC(C)CO.O=[PH](O)OCO. The zero-order valence-electron chi connectivity index (χ0n) is 14.7. The van der Waals surface area contributed by atoms with Crippen molar-refractivity contribution in [3.8, 4) is 0 Å². The molecule has 0 aromatic heterocycles. The molecule has 24 heavy (non-hydrogen) atoms. The Morgan fingerprint density at radius 1 is 0.833 bits per heavy atom. The summed E-state index contributed by atoms with van der Waals surface area (Å²) in [7, 11) is -2.89. The minimum absolute atomic E-state index is 0.00667. The molecular formula is C13H33O10P. The standard InChI is InChI=1S/2C6H14O3.CH5O4P/c2*1-5(8)4-9-6(2)3-7;2-1-5-6(3)4/h2*5-8H,3-4H2,1-2H3;2,6H,1H2,(H,3,4). The lowest BCUT2D eigenvalue weighted by molar-refractivity contribution is -0.0177. The molecule has 0 aliphatic carbocycles. The second-order valence-corrected chi connectivity index (χ2v) is 5.71. The van der Waals surface area contributed by atoms with Gasteiger partial charge in [-0.05, 0) is 27.7 Å². The highest BCUT2D eigenvalue weighted by atomic mass is 31.1. The molecule has 0 heterocycles. The fourth-order valence-electron chi connectivity index (χ4n) is 0.768. The third-order valence-electron chi connectivity index (χ3n) is 1.95. The molecule has 0 saturated carbocycles. The normalized spacial score (nSPS) is 16.6. The number of aliphatic hydroxyl groups excluding tert-OH is 5. The van der Waals surface area contributed by atoms with Crippen LogP contribution in [-0.4, -0.2) is 88.1 Å². The second kappa shape index (κ2) is 20.9. The van der Waals surface area contributed by atoms with Gasteiger partial charge in [0.25, 0.3) is 0 Å². The van der Waals surface area contributed by atoms with Crippen molar-refractivity contribution in [2.24, 2.45) is 0 Å². The van der Waals surface area contributed by atoms with Crippen LogP contribution in [0.4, 0.5) is 0 Å². The highest BCUT2D eigenvalue weighted by molar-refractivity contribution is 7.32. The number of ether oxygens (including phenoxy) is 2. The Morgan fingerprint density at radius 3 is 1.29 bits per heavy atom. The predicted octanol–water partition coefficient (Wildman–Crippen LogP) is -1.14. The lowest BCUT2D eigenvalue weighted by atomic mass is 10.4. The molecule has 0 spiro atoms. The molecule has 0 radical (unpaired) electrons. The summed E-state index contributed by atoms with van der Waals surface area (Å²) in [5.41, 5.74) is 0. The summed E-state index contributed by atoms with van der Waals surface area (Å²) in [5.74, 6) is 0. The van der Waals surface area contributed by atoms with Crippen molar-refractivity contribution in [1.82, 2.24) is 0 Å². The van der Waals surface area contributed by atoms with E-state index < -0.39 is 27.3 Å². The Morgan fingerprint density at radius 2 is 1.17 bits per heavy atom. The van der Waals surface area contributed by atoms with Gasteiger partial charge in [-0.25, -0.2) is 0 Å². The first-order valence-electron chi connectivity index (χ1n) is 7.38. The van der Waals surface area contributed by atoms with Crippen LogP contribution in [0.1, 0.15) is 27.7 Å². The lowest BCUT2D eigenvalue weighted by Crippen LogP contribution is -2.19. The van der Waals surface area contributed by atoms with Crippen molar-refractivity contribution in [3.05, 3.63) is 0 Å². The van der Waals surface area contributed by atoms with E-state index in [2.05, 4.69) is 4.52 Å². The molecule has 11 heteroatoms. The minimum Gasteiger partial charge on any atom is -0.394 e. The summed E-state index contributed by atoms with van der Waals surface area (Å²) in [6, 6.07) is 0. The van der Waals surface area contributed by atoms with Crippen molar-refractivity contribution in [2.45, 2.75) is 52.1 Å². The zero-order chi connectivity index (χ0) is 19.5. The minimum atomic E-state index is -2.89. The second-order valence-electron chi connectivity index (χ2n) is 4.89. The maximum atomic E-state index is 9.40. The molecule has 0 aliphatic rings. The van der Waals surface area contributed by atoms with Crippen LogP contribution < -0.4 is 0 Å². The van der Waals surface area contributed by atoms with Gasteiger partial charge in [0, 0.05) is 0 Å². The largest absolute Gasteiger partial charge is 0.394 e. The van der Waals surface area contributed by atoms with E-state index in [1.54, 1.807) is 27.7 Å². The number of aliphatic hydroxyl groups is 5. The van der Waals surface area contributed by atoms with E-state index >= 15 is 0 Å². The summed E-state index contributed by atoms with van der Waals surface area (Å²) in [4.78, 5) is 7.72. The van der Waals surface area contributed by atoms with E-state index in [1.165, 1.54) is 0 Å². The van der Waals surface area contributed by atoms with E-state index in [0.29, 0.717) is 13.2 Å². The van der Waals surface area contributed by atoms with Crippen molar-refractivity contribution in [3.63, 3.8) is 0 Å². The van der Waals surface area contributed by atoms with E-state index in [0.717, 1.165) is 0 Å². The van der Waals surface area contributed by atoms with Crippen molar-refractivity contribution >= 4 is 8.25 Å². The Kier molecular flexibility index (Phi) is 25.0. The summed E-state index contributed by atoms with van der Waals surface area (Å²) in [5, 5.41) is 41.9. The monoisotopic (exact) mass is 380 g/mol. The van der Waals surface area contributed by atoms with E-state index in [1.807, 2.05) is 0 Å². The molecule has 0 fully saturated rings. The third kappa shape index (κ3) is 33.5. The zero-order valence-corrected chi connectivity index (χ0v) is 15.7. The highest BCUT2D eigenvalue weighted by Gasteiger charge is 2.01. The van der Waals surface area contributed by atoms with Crippen LogP contribution in [0, 0.1) is 0 Å². The summed E-state index contributed by atoms with van der Waals surface area (Å²) in [6.45, 7) is 6.70. The van der Waals surface area contributed by atoms with Gasteiger partial charge in [0.15, 0.2) is 6.79 Å². The van der Waals surface area contributed by atoms with Gasteiger partial charge in [-0.1, -0.05) is 0 Å². The number of hydrogen-bond acceptors (Lipinski definition) is 9. The third-order valence-corrected chi connectivity index (χ3v) is 2.32. The van der Waals surface area contributed by atoms with Gasteiger partial charge in [-0.2, -0.15) is 0 Å². The maximum Gasteiger partial charge on any atom is 0.318 e. The molecule has 10 nitrogen and oxygen atoms in total. The van der Waals surface area contributed by atoms with Crippen molar-refractivity contribution in [1.29, 1.82) is 0 Å². The van der Waals surface area contributed by atoms with E-state index in [9.17, 15) is 4.57 Å². The number of rotatable bonds is 10. The van der Waals surface area contributed by atoms with Crippen molar-refractivity contribution < 1.29 is 49.0 Å². The van der Waals surface area contributed by atoms with E-state index in [-0.39, 0.29) is 25.4 Å². The molecule has 6 N–H and O–H groups in total. The van der Waals surface area contributed by atoms with Gasteiger partial charge in [0.1, 0.15) is 0 Å². The molecule has 5 atom stereocenters. The fraction of sp³-hybridized carbons (Fsp3) is 1.00. The Hall–Kier alpha value is -0.130. The van der Waals surface area contributed by atoms with Gasteiger partial charge in [0.05, 0.1) is 50.8 Å². The van der Waals surface area contributed by atoms with Crippen LogP contribution >= 0.6 is 8.25 Å². The van der Waals surface area contributed by atoms with Gasteiger partial charge in [-0.15, -0.1) is 0 Å². The molecule has 0 saturated heterocycles. The average Bonchev–Trinajstić information content (AvgIpc) is 2.51. The molecular weight excluding hydrogens is 347 g/mol. The summed E-state index contributed by atoms with van der Waals surface area (Å²) < 4.78 is 23.0. The molecule has 0 aromatic carbocycles. The maximum absolute atomic E-state index is 9.40. The molecule has 0 rings (SSSR count). The van der Waals surface area contributed by atoms with E-state index in [4.69, 9.17) is 39.9 Å². The molecule has 0 amide bonds. The first-order chi connectivity index (χ1) is 11.1. The highest BCUT2D eigenvalue weighted by Crippen LogP contribution is 2.11. The summed E-state index contributed by atoms with van der Waals surface area (Å²) >= 11 is 0. The van der Waals surface area contributed by atoms with Gasteiger partial charge in [-0.3, -0.25) is 9.09 Å². The Labute approximate surface area is 143 Å². The van der Waals surface area contributed by atoms with Crippen LogP contribution in [0.5, 0.6) is 0 Å². The average molecular weight is 380 g/mol. The molecule has 0 aliphatic heterocycles. The van der Waals surface area contributed by atoms with Crippen LogP contribution in [0.15, 0.2) is 0 Å².